The van der Waals surface area contributed by atoms with E-state index in [1.165, 1.54) is 24.9 Å². The van der Waals surface area contributed by atoms with Gasteiger partial charge in [0, 0.05) is 11.0 Å². The van der Waals surface area contributed by atoms with E-state index in [0.717, 1.165) is 4.90 Å². The second-order valence-corrected chi connectivity index (χ2v) is 5.55. The molecule has 0 saturated heterocycles. The van der Waals surface area contributed by atoms with Crippen LogP contribution in [0.15, 0.2) is 40.1 Å². The van der Waals surface area contributed by atoms with Crippen LogP contribution in [-0.4, -0.2) is 20.3 Å². The molecule has 0 spiro atoms. The van der Waals surface area contributed by atoms with Crippen molar-refractivity contribution in [3.8, 4) is 17.2 Å². The Morgan fingerprint density at radius 1 is 1.14 bits per heavy atom. The van der Waals surface area contributed by atoms with E-state index < -0.39 is 0 Å². The molecule has 0 fully saturated rings. The molecule has 0 atom stereocenters. The van der Waals surface area contributed by atoms with Crippen LogP contribution < -0.4 is 19.9 Å². The lowest BCUT2D eigenvalue weighted by Gasteiger charge is -2.18. The molecule has 2 aromatic carbocycles. The number of halogens is 1. The number of nitrogen functional groups attached to an aromatic ring is 1. The van der Waals surface area contributed by atoms with Crippen molar-refractivity contribution < 1.29 is 18.6 Å². The van der Waals surface area contributed by atoms with E-state index in [1.807, 2.05) is 18.2 Å². The van der Waals surface area contributed by atoms with Crippen LogP contribution in [-0.2, 0) is 0 Å². The SMILES string of the molecule is COc1cc(Sc2ccc3c(c2)OCCO3)c(F)cc1N. The molecule has 0 unspecified atom stereocenters. The van der Waals surface area contributed by atoms with E-state index in [4.69, 9.17) is 19.9 Å². The molecule has 1 aliphatic heterocycles. The summed E-state index contributed by atoms with van der Waals surface area (Å²) in [5.74, 6) is 1.46. The molecule has 0 amide bonds. The first-order valence-corrected chi connectivity index (χ1v) is 7.19. The van der Waals surface area contributed by atoms with E-state index in [2.05, 4.69) is 0 Å². The summed E-state index contributed by atoms with van der Waals surface area (Å²) in [6.45, 7) is 1.06. The topological polar surface area (TPSA) is 53.7 Å². The number of hydrogen-bond acceptors (Lipinski definition) is 5. The van der Waals surface area contributed by atoms with Gasteiger partial charge in [-0.25, -0.2) is 4.39 Å². The third-order valence-corrected chi connectivity index (χ3v) is 4.05. The average Bonchev–Trinajstić information content (AvgIpc) is 2.50. The van der Waals surface area contributed by atoms with Crippen molar-refractivity contribution in [1.82, 2.24) is 0 Å². The van der Waals surface area contributed by atoms with Crippen LogP contribution in [0.1, 0.15) is 0 Å². The summed E-state index contributed by atoms with van der Waals surface area (Å²) in [6.07, 6.45) is 0. The predicted molar refractivity (Wildman–Crippen MR) is 78.9 cm³/mol. The molecule has 0 aliphatic carbocycles. The molecule has 21 heavy (non-hydrogen) atoms. The van der Waals surface area contributed by atoms with Gasteiger partial charge in [-0.05, 0) is 24.3 Å². The van der Waals surface area contributed by atoms with Gasteiger partial charge in [0.2, 0.25) is 0 Å². The number of ether oxygens (including phenoxy) is 3. The molecule has 0 radical (unpaired) electrons. The largest absolute Gasteiger partial charge is 0.495 e. The highest BCUT2D eigenvalue weighted by Gasteiger charge is 2.14. The molecule has 110 valence electrons. The molecule has 0 saturated carbocycles. The zero-order valence-electron chi connectivity index (χ0n) is 11.4. The fourth-order valence-electron chi connectivity index (χ4n) is 2.02. The standard InChI is InChI=1S/C15H14FNO3S/c1-18-13-8-15(10(16)7-11(13)17)21-9-2-3-12-14(6-9)20-5-4-19-12/h2-3,6-8H,4-5,17H2,1H3. The van der Waals surface area contributed by atoms with Crippen molar-refractivity contribution in [3.63, 3.8) is 0 Å². The first kappa shape index (κ1) is 13.9. The summed E-state index contributed by atoms with van der Waals surface area (Å²) in [6, 6.07) is 8.37. The van der Waals surface area contributed by atoms with Gasteiger partial charge >= 0.3 is 0 Å². The minimum absolute atomic E-state index is 0.279. The summed E-state index contributed by atoms with van der Waals surface area (Å²) in [7, 11) is 1.50. The zero-order chi connectivity index (χ0) is 14.8. The highest BCUT2D eigenvalue weighted by Crippen LogP contribution is 2.39. The number of anilines is 1. The van der Waals surface area contributed by atoms with E-state index in [0.29, 0.717) is 35.4 Å². The van der Waals surface area contributed by atoms with Crippen molar-refractivity contribution in [3.05, 3.63) is 36.1 Å². The molecule has 4 nitrogen and oxygen atoms in total. The summed E-state index contributed by atoms with van der Waals surface area (Å²) in [4.78, 5) is 1.29. The molecule has 3 rings (SSSR count). The molecule has 2 N–H and O–H groups in total. The van der Waals surface area contributed by atoms with Gasteiger partial charge in [-0.1, -0.05) is 11.8 Å². The van der Waals surface area contributed by atoms with E-state index in [1.54, 1.807) is 6.07 Å². The van der Waals surface area contributed by atoms with Crippen molar-refractivity contribution in [2.75, 3.05) is 26.1 Å². The van der Waals surface area contributed by atoms with E-state index in [-0.39, 0.29) is 11.5 Å². The number of fused-ring (bicyclic) bond motifs is 1. The van der Waals surface area contributed by atoms with Crippen LogP contribution in [0.2, 0.25) is 0 Å². The van der Waals surface area contributed by atoms with Crippen LogP contribution in [0.4, 0.5) is 10.1 Å². The number of nitrogens with two attached hydrogens (primary N) is 1. The fraction of sp³-hybridized carbons (Fsp3) is 0.200. The molecular formula is C15H14FNO3S. The molecular weight excluding hydrogens is 293 g/mol. The minimum Gasteiger partial charge on any atom is -0.495 e. The highest BCUT2D eigenvalue weighted by atomic mass is 32.2. The average molecular weight is 307 g/mol. The van der Waals surface area contributed by atoms with Crippen LogP contribution in [0.25, 0.3) is 0 Å². The van der Waals surface area contributed by atoms with Crippen LogP contribution in [0.3, 0.4) is 0 Å². The molecule has 6 heteroatoms. The maximum absolute atomic E-state index is 14.0. The lowest BCUT2D eigenvalue weighted by molar-refractivity contribution is 0.171. The zero-order valence-corrected chi connectivity index (χ0v) is 12.2. The molecule has 1 aliphatic rings. The van der Waals surface area contributed by atoms with Gasteiger partial charge in [0.05, 0.1) is 17.7 Å². The summed E-state index contributed by atoms with van der Waals surface area (Å²) >= 11 is 1.28. The van der Waals surface area contributed by atoms with Crippen molar-refractivity contribution in [1.29, 1.82) is 0 Å². The first-order chi connectivity index (χ1) is 10.2. The summed E-state index contributed by atoms with van der Waals surface area (Å²) < 4.78 is 30.1. The Kier molecular flexibility index (Phi) is 3.79. The molecule has 0 bridgehead atoms. The number of benzene rings is 2. The first-order valence-electron chi connectivity index (χ1n) is 6.38. The lowest BCUT2D eigenvalue weighted by Crippen LogP contribution is -2.15. The van der Waals surface area contributed by atoms with Gasteiger partial charge in [0.1, 0.15) is 24.8 Å². The monoisotopic (exact) mass is 307 g/mol. The third-order valence-electron chi connectivity index (χ3n) is 3.03. The molecule has 2 aromatic rings. The van der Waals surface area contributed by atoms with Gasteiger partial charge in [-0.3, -0.25) is 0 Å². The van der Waals surface area contributed by atoms with Gasteiger partial charge < -0.3 is 19.9 Å². The van der Waals surface area contributed by atoms with Crippen LogP contribution in [0, 0.1) is 5.82 Å². The summed E-state index contributed by atoms with van der Waals surface area (Å²) in [5, 5.41) is 0. The quantitative estimate of drug-likeness (QED) is 0.881. The van der Waals surface area contributed by atoms with Gasteiger partial charge in [-0.15, -0.1) is 0 Å². The Balaban J connectivity index is 1.90. The predicted octanol–water partition coefficient (Wildman–Crippen LogP) is 3.34. The van der Waals surface area contributed by atoms with E-state index >= 15 is 0 Å². The molecule has 0 aromatic heterocycles. The second kappa shape index (κ2) is 5.73. The molecule has 1 heterocycles. The number of hydrogen-bond donors (Lipinski definition) is 1. The Morgan fingerprint density at radius 2 is 1.90 bits per heavy atom. The summed E-state index contributed by atoms with van der Waals surface area (Å²) in [5.41, 5.74) is 5.95. The Morgan fingerprint density at radius 3 is 2.67 bits per heavy atom. The Labute approximate surface area is 126 Å². The highest BCUT2D eigenvalue weighted by molar-refractivity contribution is 7.99. The lowest BCUT2D eigenvalue weighted by atomic mass is 10.3. The van der Waals surface area contributed by atoms with Crippen LogP contribution >= 0.6 is 11.8 Å². The Bertz CT molecular complexity index is 678. The van der Waals surface area contributed by atoms with Crippen LogP contribution in [0.5, 0.6) is 17.2 Å². The third kappa shape index (κ3) is 2.85. The Hall–Kier alpha value is -2.08. The van der Waals surface area contributed by atoms with E-state index in [9.17, 15) is 4.39 Å². The van der Waals surface area contributed by atoms with Crippen molar-refractivity contribution in [2.24, 2.45) is 0 Å². The van der Waals surface area contributed by atoms with Gasteiger partial charge in [-0.2, -0.15) is 0 Å². The smallest absolute Gasteiger partial charge is 0.162 e. The van der Waals surface area contributed by atoms with Crippen molar-refractivity contribution in [2.45, 2.75) is 9.79 Å². The minimum atomic E-state index is -0.381. The maximum Gasteiger partial charge on any atom is 0.162 e. The fourth-order valence-corrected chi connectivity index (χ4v) is 2.90. The van der Waals surface area contributed by atoms with Gasteiger partial charge in [0.25, 0.3) is 0 Å². The number of methoxy groups -OCH3 is 1. The number of rotatable bonds is 3. The normalized spacial score (nSPS) is 13.0. The maximum atomic E-state index is 14.0. The van der Waals surface area contributed by atoms with Crippen molar-refractivity contribution >= 4 is 17.4 Å². The van der Waals surface area contributed by atoms with Gasteiger partial charge in [0.15, 0.2) is 11.5 Å². The second-order valence-electron chi connectivity index (χ2n) is 4.43.